The second kappa shape index (κ2) is 8.82. The number of nitrogens with one attached hydrogen (secondary N) is 2. The van der Waals surface area contributed by atoms with Crippen molar-refractivity contribution in [3.05, 3.63) is 58.8 Å². The van der Waals surface area contributed by atoms with Gasteiger partial charge in [-0.15, -0.1) is 21.5 Å². The lowest BCUT2D eigenvalue weighted by atomic mass is 10.3. The molecule has 2 aromatic heterocycles. The summed E-state index contributed by atoms with van der Waals surface area (Å²) in [5, 5.41) is 15.7. The van der Waals surface area contributed by atoms with E-state index in [0.717, 1.165) is 11.5 Å². The number of thiophene rings is 1. The Labute approximate surface area is 155 Å². The summed E-state index contributed by atoms with van der Waals surface area (Å²) in [4.78, 5) is 12.6. The minimum Gasteiger partial charge on any atom is -0.497 e. The number of rotatable bonds is 8. The van der Waals surface area contributed by atoms with E-state index in [0.29, 0.717) is 29.7 Å². The topological polar surface area (TPSA) is 85.4 Å². The summed E-state index contributed by atoms with van der Waals surface area (Å²) >= 11 is 1.37. The van der Waals surface area contributed by atoms with Crippen LogP contribution in [0, 0.1) is 0 Å². The van der Waals surface area contributed by atoms with Crippen LogP contribution in [0.5, 0.6) is 11.5 Å². The zero-order valence-electron chi connectivity index (χ0n) is 14.1. The van der Waals surface area contributed by atoms with Crippen LogP contribution in [-0.4, -0.2) is 36.4 Å². The number of aromatic nitrogens is 2. The Bertz CT molecular complexity index is 821. The van der Waals surface area contributed by atoms with E-state index in [1.54, 1.807) is 25.3 Å². The Balaban J connectivity index is 1.41. The summed E-state index contributed by atoms with van der Waals surface area (Å²) in [6, 6.07) is 14.4. The van der Waals surface area contributed by atoms with Crippen LogP contribution >= 0.6 is 11.3 Å². The highest BCUT2D eigenvalue weighted by atomic mass is 32.1. The third-order valence-electron chi connectivity index (χ3n) is 3.39. The Morgan fingerprint density at radius 1 is 1.04 bits per heavy atom. The monoisotopic (exact) mass is 370 g/mol. The lowest BCUT2D eigenvalue weighted by molar-refractivity contribution is 0.103. The maximum atomic E-state index is 11.9. The number of ether oxygens (including phenoxy) is 2. The summed E-state index contributed by atoms with van der Waals surface area (Å²) in [6.07, 6.45) is 0. The fourth-order valence-electron chi connectivity index (χ4n) is 2.10. The van der Waals surface area contributed by atoms with Crippen LogP contribution in [0.4, 0.5) is 11.6 Å². The minimum absolute atomic E-state index is 0.192. The lowest BCUT2D eigenvalue weighted by Gasteiger charge is -2.09. The third kappa shape index (κ3) is 4.93. The van der Waals surface area contributed by atoms with Gasteiger partial charge in [-0.05, 0) is 47.8 Å². The van der Waals surface area contributed by atoms with Crippen LogP contribution in [0.3, 0.4) is 0 Å². The maximum Gasteiger partial charge on any atom is 0.266 e. The minimum atomic E-state index is -0.192. The first-order valence-corrected chi connectivity index (χ1v) is 8.82. The molecule has 2 N–H and O–H groups in total. The number of amides is 1. The van der Waals surface area contributed by atoms with Crippen molar-refractivity contribution in [1.29, 1.82) is 0 Å². The number of methoxy groups -OCH3 is 1. The number of hydrogen-bond acceptors (Lipinski definition) is 7. The van der Waals surface area contributed by atoms with Crippen molar-refractivity contribution in [3.63, 3.8) is 0 Å². The van der Waals surface area contributed by atoms with Crippen molar-refractivity contribution in [2.45, 2.75) is 0 Å². The molecular weight excluding hydrogens is 352 g/mol. The van der Waals surface area contributed by atoms with E-state index < -0.39 is 0 Å². The van der Waals surface area contributed by atoms with Crippen molar-refractivity contribution >= 4 is 28.9 Å². The van der Waals surface area contributed by atoms with Crippen LogP contribution in [0.1, 0.15) is 9.67 Å². The van der Waals surface area contributed by atoms with Gasteiger partial charge in [-0.2, -0.15) is 0 Å². The van der Waals surface area contributed by atoms with Gasteiger partial charge in [0.15, 0.2) is 5.82 Å². The molecule has 0 radical (unpaired) electrons. The molecule has 26 heavy (non-hydrogen) atoms. The largest absolute Gasteiger partial charge is 0.497 e. The smallest absolute Gasteiger partial charge is 0.266 e. The first-order chi connectivity index (χ1) is 12.7. The van der Waals surface area contributed by atoms with Crippen LogP contribution in [-0.2, 0) is 0 Å². The molecule has 0 saturated carbocycles. The van der Waals surface area contributed by atoms with Crippen molar-refractivity contribution in [3.8, 4) is 11.5 Å². The van der Waals surface area contributed by atoms with Gasteiger partial charge in [-0.3, -0.25) is 4.79 Å². The highest BCUT2D eigenvalue weighted by Gasteiger charge is 2.07. The Hall–Kier alpha value is -3.13. The van der Waals surface area contributed by atoms with Gasteiger partial charge in [0, 0.05) is 0 Å². The Morgan fingerprint density at radius 2 is 1.77 bits per heavy atom. The van der Waals surface area contributed by atoms with E-state index in [9.17, 15) is 4.79 Å². The fourth-order valence-corrected chi connectivity index (χ4v) is 2.72. The molecule has 0 aliphatic carbocycles. The molecule has 1 aromatic carbocycles. The second-order valence-corrected chi connectivity index (χ2v) is 6.13. The zero-order valence-corrected chi connectivity index (χ0v) is 15.0. The van der Waals surface area contributed by atoms with E-state index in [4.69, 9.17) is 9.47 Å². The number of nitrogens with zero attached hydrogens (tertiary/aromatic N) is 2. The molecule has 0 unspecified atom stereocenters. The molecule has 1 amide bonds. The van der Waals surface area contributed by atoms with Gasteiger partial charge in [-0.25, -0.2) is 0 Å². The number of carbonyl (C=O) groups excluding carboxylic acids is 1. The molecule has 0 spiro atoms. The van der Waals surface area contributed by atoms with E-state index in [1.165, 1.54) is 11.3 Å². The van der Waals surface area contributed by atoms with Crippen LogP contribution in [0.2, 0.25) is 0 Å². The highest BCUT2D eigenvalue weighted by Crippen LogP contribution is 2.17. The van der Waals surface area contributed by atoms with Crippen molar-refractivity contribution in [1.82, 2.24) is 10.2 Å². The van der Waals surface area contributed by atoms with Crippen LogP contribution < -0.4 is 20.1 Å². The van der Waals surface area contributed by atoms with Gasteiger partial charge in [0.1, 0.15) is 23.9 Å². The van der Waals surface area contributed by atoms with Gasteiger partial charge in [0.2, 0.25) is 0 Å². The van der Waals surface area contributed by atoms with E-state index >= 15 is 0 Å². The average Bonchev–Trinajstić information content (AvgIpc) is 3.22. The molecule has 3 rings (SSSR count). The van der Waals surface area contributed by atoms with Crippen LogP contribution in [0.15, 0.2) is 53.9 Å². The van der Waals surface area contributed by atoms with Crippen molar-refractivity contribution in [2.75, 3.05) is 30.9 Å². The molecule has 2 heterocycles. The van der Waals surface area contributed by atoms with Crippen molar-refractivity contribution in [2.24, 2.45) is 0 Å². The summed E-state index contributed by atoms with van der Waals surface area (Å²) < 4.78 is 10.7. The number of carbonyl (C=O) groups is 1. The first kappa shape index (κ1) is 17.7. The Kier molecular flexibility index (Phi) is 6.00. The van der Waals surface area contributed by atoms with E-state index in [1.807, 2.05) is 35.7 Å². The molecule has 0 atom stereocenters. The quantitative estimate of drug-likeness (QED) is 0.592. The van der Waals surface area contributed by atoms with E-state index in [2.05, 4.69) is 20.8 Å². The van der Waals surface area contributed by atoms with Gasteiger partial charge < -0.3 is 20.1 Å². The molecule has 0 saturated heterocycles. The Morgan fingerprint density at radius 3 is 2.42 bits per heavy atom. The van der Waals surface area contributed by atoms with Gasteiger partial charge in [0.05, 0.1) is 18.5 Å². The van der Waals surface area contributed by atoms with E-state index in [-0.39, 0.29) is 5.91 Å². The molecule has 134 valence electrons. The average molecular weight is 370 g/mol. The molecule has 0 aliphatic rings. The SMILES string of the molecule is COc1ccc(OCCNc2ccc(NC(=O)c3cccs3)nn2)cc1. The van der Waals surface area contributed by atoms with Gasteiger partial charge in [0.25, 0.3) is 5.91 Å². The molecule has 0 aliphatic heterocycles. The van der Waals surface area contributed by atoms with Gasteiger partial charge >= 0.3 is 0 Å². The molecule has 0 bridgehead atoms. The van der Waals surface area contributed by atoms with Gasteiger partial charge in [-0.1, -0.05) is 6.07 Å². The molecule has 7 nitrogen and oxygen atoms in total. The predicted molar refractivity (Wildman–Crippen MR) is 101 cm³/mol. The second-order valence-electron chi connectivity index (χ2n) is 5.19. The summed E-state index contributed by atoms with van der Waals surface area (Å²) in [7, 11) is 1.62. The van der Waals surface area contributed by atoms with Crippen LogP contribution in [0.25, 0.3) is 0 Å². The standard InChI is InChI=1S/C18H18N4O3S/c1-24-13-4-6-14(7-5-13)25-11-10-19-16-8-9-17(22-21-16)20-18(23)15-3-2-12-26-15/h2-9,12H,10-11H2,1H3,(H,19,21)(H,20,22,23). The maximum absolute atomic E-state index is 11.9. The normalized spacial score (nSPS) is 10.2. The zero-order chi connectivity index (χ0) is 18.2. The molecule has 8 heteroatoms. The third-order valence-corrected chi connectivity index (χ3v) is 4.26. The first-order valence-electron chi connectivity index (χ1n) is 7.94. The van der Waals surface area contributed by atoms with Crippen molar-refractivity contribution < 1.29 is 14.3 Å². The molecular formula is C18H18N4O3S. The summed E-state index contributed by atoms with van der Waals surface area (Å²) in [5.74, 6) is 2.38. The molecule has 0 fully saturated rings. The number of hydrogen-bond donors (Lipinski definition) is 2. The summed E-state index contributed by atoms with van der Waals surface area (Å²) in [6.45, 7) is 1.05. The number of benzene rings is 1. The lowest BCUT2D eigenvalue weighted by Crippen LogP contribution is -2.14. The summed E-state index contributed by atoms with van der Waals surface area (Å²) in [5.41, 5.74) is 0. The predicted octanol–water partition coefficient (Wildman–Crippen LogP) is 3.29. The fraction of sp³-hybridized carbons (Fsp3) is 0.167. The molecule has 3 aromatic rings. The highest BCUT2D eigenvalue weighted by molar-refractivity contribution is 7.12. The number of anilines is 2.